The Bertz CT molecular complexity index is 370. The van der Waals surface area contributed by atoms with Crippen LogP contribution in [0.4, 0.5) is 0 Å². The van der Waals surface area contributed by atoms with E-state index in [0.717, 1.165) is 12.2 Å². The zero-order valence-corrected chi connectivity index (χ0v) is 11.4. The van der Waals surface area contributed by atoms with Crippen LogP contribution in [0.1, 0.15) is 11.6 Å². The molecule has 0 amide bonds. The number of ether oxygens (including phenoxy) is 1. The number of methoxy groups -OCH3 is 1. The number of halogens is 2. The van der Waals surface area contributed by atoms with E-state index >= 15 is 0 Å². The Hall–Kier alpha value is -0.780. The van der Waals surface area contributed by atoms with Gasteiger partial charge in [-0.3, -0.25) is 4.79 Å². The number of esters is 1. The number of imidazole rings is 1. The van der Waals surface area contributed by atoms with Gasteiger partial charge in [-0.25, -0.2) is 4.98 Å². The van der Waals surface area contributed by atoms with E-state index in [1.54, 1.807) is 6.33 Å². The minimum Gasteiger partial charge on any atom is -0.469 e. The minimum atomic E-state index is -0.147. The average molecular weight is 282 g/mol. The van der Waals surface area contributed by atoms with Crippen molar-refractivity contribution in [1.82, 2.24) is 14.9 Å². The quantitative estimate of drug-likeness (QED) is 0.813. The van der Waals surface area contributed by atoms with E-state index in [9.17, 15) is 4.79 Å². The number of nitrogens with zero attached hydrogens (tertiary/aromatic N) is 2. The molecule has 98 valence electrons. The fourth-order valence-corrected chi connectivity index (χ4v) is 2.11. The van der Waals surface area contributed by atoms with Gasteiger partial charge in [0.1, 0.15) is 0 Å². The number of nitrogens with one attached hydrogen (secondary N) is 1. The van der Waals surface area contributed by atoms with Crippen molar-refractivity contribution in [2.24, 2.45) is 13.0 Å². The molecule has 0 radical (unpaired) electrons. The largest absolute Gasteiger partial charge is 0.469 e. The molecule has 1 fully saturated rings. The van der Waals surface area contributed by atoms with E-state index in [4.69, 9.17) is 4.74 Å². The molecule has 2 rings (SSSR count). The number of aromatic nitrogens is 2. The molecule has 5 nitrogen and oxygen atoms in total. The molecule has 0 saturated carbocycles. The number of carbonyl (C=O) groups excluding carboxylic acids is 1. The van der Waals surface area contributed by atoms with Crippen LogP contribution < -0.4 is 5.32 Å². The second kappa shape index (κ2) is 6.83. The smallest absolute Gasteiger partial charge is 0.310 e. The average Bonchev–Trinajstić information content (AvgIpc) is 2.84. The Kier molecular flexibility index (Phi) is 6.52. The highest BCUT2D eigenvalue weighted by Crippen LogP contribution is 2.28. The summed E-state index contributed by atoms with van der Waals surface area (Å²) in [6.45, 7) is 1.49. The summed E-state index contributed by atoms with van der Waals surface area (Å²) in [6, 6.07) is 0. The Morgan fingerprint density at radius 3 is 2.76 bits per heavy atom. The summed E-state index contributed by atoms with van der Waals surface area (Å²) in [5.74, 6) is -0.0680. The molecule has 1 aromatic rings. The van der Waals surface area contributed by atoms with Crippen LogP contribution in [0.3, 0.4) is 0 Å². The first-order chi connectivity index (χ1) is 7.24. The van der Waals surface area contributed by atoms with Gasteiger partial charge < -0.3 is 14.6 Å². The normalized spacial score (nSPS) is 22.5. The van der Waals surface area contributed by atoms with E-state index in [0.29, 0.717) is 6.54 Å². The molecule has 0 bridgehead atoms. The summed E-state index contributed by atoms with van der Waals surface area (Å²) in [4.78, 5) is 15.6. The molecule has 0 aliphatic carbocycles. The third-order valence-corrected chi connectivity index (χ3v) is 2.95. The molecule has 7 heteroatoms. The molecule has 1 aliphatic heterocycles. The monoisotopic (exact) mass is 281 g/mol. The molecule has 1 aromatic heterocycles. The van der Waals surface area contributed by atoms with Gasteiger partial charge >= 0.3 is 5.97 Å². The summed E-state index contributed by atoms with van der Waals surface area (Å²) in [5.41, 5.74) is 1.08. The third-order valence-electron chi connectivity index (χ3n) is 2.95. The number of carbonyl (C=O) groups is 1. The first-order valence-corrected chi connectivity index (χ1v) is 4.98. The van der Waals surface area contributed by atoms with Crippen LogP contribution in [-0.2, 0) is 16.6 Å². The van der Waals surface area contributed by atoms with Gasteiger partial charge in [0, 0.05) is 37.9 Å². The van der Waals surface area contributed by atoms with Crippen molar-refractivity contribution in [2.75, 3.05) is 20.2 Å². The van der Waals surface area contributed by atoms with E-state index in [1.165, 1.54) is 7.11 Å². The lowest BCUT2D eigenvalue weighted by Gasteiger charge is -2.16. The molecule has 0 aromatic carbocycles. The van der Waals surface area contributed by atoms with Gasteiger partial charge in [0.2, 0.25) is 0 Å². The van der Waals surface area contributed by atoms with Gasteiger partial charge in [-0.05, 0) is 0 Å². The molecule has 2 heterocycles. The van der Waals surface area contributed by atoms with Crippen LogP contribution in [0.15, 0.2) is 12.5 Å². The van der Waals surface area contributed by atoms with Gasteiger partial charge in [-0.15, -0.1) is 24.8 Å². The highest BCUT2D eigenvalue weighted by Gasteiger charge is 2.36. The zero-order chi connectivity index (χ0) is 10.8. The summed E-state index contributed by atoms with van der Waals surface area (Å²) in [5, 5.41) is 3.21. The van der Waals surface area contributed by atoms with E-state index in [-0.39, 0.29) is 42.6 Å². The van der Waals surface area contributed by atoms with Crippen molar-refractivity contribution in [3.05, 3.63) is 18.2 Å². The molecule has 1 aliphatic rings. The lowest BCUT2D eigenvalue weighted by atomic mass is 9.93. The van der Waals surface area contributed by atoms with Crippen LogP contribution in [0.5, 0.6) is 0 Å². The summed E-state index contributed by atoms with van der Waals surface area (Å²) >= 11 is 0. The molecule has 2 atom stereocenters. The van der Waals surface area contributed by atoms with Crippen LogP contribution in [0.2, 0.25) is 0 Å². The van der Waals surface area contributed by atoms with Crippen LogP contribution in [0.25, 0.3) is 0 Å². The third kappa shape index (κ3) is 3.12. The number of aryl methyl sites for hydroxylation is 1. The number of hydrogen-bond donors (Lipinski definition) is 1. The maximum atomic E-state index is 11.5. The van der Waals surface area contributed by atoms with Gasteiger partial charge in [0.15, 0.2) is 0 Å². The Labute approximate surface area is 113 Å². The van der Waals surface area contributed by atoms with E-state index in [1.807, 2.05) is 17.8 Å². The summed E-state index contributed by atoms with van der Waals surface area (Å²) < 4.78 is 6.75. The molecule has 1 N–H and O–H groups in total. The zero-order valence-electron chi connectivity index (χ0n) is 9.75. The minimum absolute atomic E-state index is 0. The number of hydrogen-bond acceptors (Lipinski definition) is 4. The highest BCUT2D eigenvalue weighted by atomic mass is 35.5. The van der Waals surface area contributed by atoms with Crippen molar-refractivity contribution >= 4 is 30.8 Å². The van der Waals surface area contributed by atoms with Crippen molar-refractivity contribution in [2.45, 2.75) is 5.92 Å². The molecule has 0 spiro atoms. The topological polar surface area (TPSA) is 56.1 Å². The Morgan fingerprint density at radius 2 is 2.24 bits per heavy atom. The Balaban J connectivity index is 0.00000128. The second-order valence-corrected chi connectivity index (χ2v) is 3.82. The first kappa shape index (κ1) is 16.2. The maximum absolute atomic E-state index is 11.5. The molecule has 0 unspecified atom stereocenters. The van der Waals surface area contributed by atoms with E-state index in [2.05, 4.69) is 10.3 Å². The van der Waals surface area contributed by atoms with Gasteiger partial charge in [-0.2, -0.15) is 0 Å². The lowest BCUT2D eigenvalue weighted by Crippen LogP contribution is -2.23. The predicted molar refractivity (Wildman–Crippen MR) is 68.8 cm³/mol. The lowest BCUT2D eigenvalue weighted by molar-refractivity contribution is -0.145. The van der Waals surface area contributed by atoms with E-state index < -0.39 is 0 Å². The second-order valence-electron chi connectivity index (χ2n) is 3.82. The van der Waals surface area contributed by atoms with Crippen LogP contribution in [0, 0.1) is 5.92 Å². The van der Waals surface area contributed by atoms with Gasteiger partial charge in [0.25, 0.3) is 0 Å². The van der Waals surface area contributed by atoms with Crippen molar-refractivity contribution in [3.63, 3.8) is 0 Å². The van der Waals surface area contributed by atoms with Crippen molar-refractivity contribution < 1.29 is 9.53 Å². The molecule has 1 saturated heterocycles. The predicted octanol–water partition coefficient (Wildman–Crippen LogP) is 0.740. The number of rotatable bonds is 2. The van der Waals surface area contributed by atoms with Gasteiger partial charge in [-0.1, -0.05) is 0 Å². The fourth-order valence-electron chi connectivity index (χ4n) is 2.11. The summed E-state index contributed by atoms with van der Waals surface area (Å²) in [7, 11) is 3.37. The standard InChI is InChI=1S/C10H15N3O2.2ClH/c1-13-6-12-5-9(13)7-3-11-4-8(7)10(14)15-2;;/h5-8,11H,3-4H2,1-2H3;2*1H/t7-,8-;;/m0../s1. The first-order valence-electron chi connectivity index (χ1n) is 4.98. The van der Waals surface area contributed by atoms with Crippen LogP contribution in [-0.4, -0.2) is 35.7 Å². The summed E-state index contributed by atoms with van der Waals surface area (Å²) in [6.07, 6.45) is 3.57. The van der Waals surface area contributed by atoms with Gasteiger partial charge in [0.05, 0.1) is 19.4 Å². The molecule has 17 heavy (non-hydrogen) atoms. The van der Waals surface area contributed by atoms with Crippen LogP contribution >= 0.6 is 24.8 Å². The maximum Gasteiger partial charge on any atom is 0.310 e. The highest BCUT2D eigenvalue weighted by molar-refractivity contribution is 5.85. The van der Waals surface area contributed by atoms with Crippen molar-refractivity contribution in [1.29, 1.82) is 0 Å². The fraction of sp³-hybridized carbons (Fsp3) is 0.600. The van der Waals surface area contributed by atoms with Crippen molar-refractivity contribution in [3.8, 4) is 0 Å². The Morgan fingerprint density at radius 1 is 1.53 bits per heavy atom. The SMILES string of the molecule is COC(=O)[C@H]1CNC[C@@H]1c1cncn1C.Cl.Cl. The molecular formula is C10H17Cl2N3O2. The molecular weight excluding hydrogens is 265 g/mol.